The largest absolute Gasteiger partial charge is 0.386 e. The fourth-order valence-corrected chi connectivity index (χ4v) is 1.09. The van der Waals surface area contributed by atoms with Crippen molar-refractivity contribution in [1.29, 1.82) is 0 Å². The average Bonchev–Trinajstić information content (AvgIpc) is 2.03. The minimum atomic E-state index is -0.556. The van der Waals surface area contributed by atoms with E-state index in [1.54, 1.807) is 19.2 Å². The molecule has 1 N–H and O–H groups in total. The summed E-state index contributed by atoms with van der Waals surface area (Å²) in [6, 6.07) is 1.72. The van der Waals surface area contributed by atoms with Gasteiger partial charge in [0.1, 0.15) is 5.82 Å². The number of aromatic nitrogens is 2. The lowest BCUT2D eigenvalue weighted by molar-refractivity contribution is 0.173. The summed E-state index contributed by atoms with van der Waals surface area (Å²) in [7, 11) is 0. The second-order valence-electron chi connectivity index (χ2n) is 3.21. The van der Waals surface area contributed by atoms with Crippen LogP contribution in [-0.2, 0) is 0 Å². The van der Waals surface area contributed by atoms with E-state index in [1.807, 2.05) is 6.92 Å². The van der Waals surface area contributed by atoms with Crippen molar-refractivity contribution in [3.63, 3.8) is 0 Å². The maximum atomic E-state index is 9.66. The second-order valence-corrected chi connectivity index (χ2v) is 3.21. The fraction of sp³-hybridized carbons (Fsp3) is 0.400. The Balaban J connectivity index is 2.76. The predicted octanol–water partition coefficient (Wildman–Crippen LogP) is 1.78. The van der Waals surface area contributed by atoms with E-state index >= 15 is 0 Å². The van der Waals surface area contributed by atoms with Crippen molar-refractivity contribution in [3.05, 3.63) is 35.9 Å². The SMILES string of the molecule is C=C(C)CC(O)c1ccnc(C)n1. The molecule has 0 bridgehead atoms. The minimum Gasteiger partial charge on any atom is -0.386 e. The molecule has 0 saturated carbocycles. The van der Waals surface area contributed by atoms with Crippen molar-refractivity contribution < 1.29 is 5.11 Å². The number of aryl methyl sites for hydroxylation is 1. The Morgan fingerprint density at radius 1 is 1.69 bits per heavy atom. The lowest BCUT2D eigenvalue weighted by Gasteiger charge is -2.09. The van der Waals surface area contributed by atoms with Gasteiger partial charge in [-0.1, -0.05) is 5.57 Å². The van der Waals surface area contributed by atoms with Gasteiger partial charge in [-0.25, -0.2) is 9.97 Å². The van der Waals surface area contributed by atoms with Gasteiger partial charge in [-0.05, 0) is 26.3 Å². The van der Waals surface area contributed by atoms with Gasteiger partial charge < -0.3 is 5.11 Å². The molecule has 1 aromatic heterocycles. The van der Waals surface area contributed by atoms with Crippen LogP contribution in [0.2, 0.25) is 0 Å². The van der Waals surface area contributed by atoms with E-state index in [1.165, 1.54) is 0 Å². The lowest BCUT2D eigenvalue weighted by Crippen LogP contribution is -2.02. The Hall–Kier alpha value is -1.22. The van der Waals surface area contributed by atoms with Crippen molar-refractivity contribution >= 4 is 0 Å². The van der Waals surface area contributed by atoms with Crippen molar-refractivity contribution in [2.75, 3.05) is 0 Å². The third kappa shape index (κ3) is 2.95. The van der Waals surface area contributed by atoms with Crippen LogP contribution in [0.15, 0.2) is 24.4 Å². The topological polar surface area (TPSA) is 46.0 Å². The Labute approximate surface area is 78.2 Å². The molecule has 1 rings (SSSR count). The maximum Gasteiger partial charge on any atom is 0.125 e. The van der Waals surface area contributed by atoms with Gasteiger partial charge in [-0.3, -0.25) is 0 Å². The van der Waals surface area contributed by atoms with Gasteiger partial charge in [0, 0.05) is 6.20 Å². The first-order chi connectivity index (χ1) is 6.09. The van der Waals surface area contributed by atoms with Crippen LogP contribution in [-0.4, -0.2) is 15.1 Å². The maximum absolute atomic E-state index is 9.66. The van der Waals surface area contributed by atoms with Gasteiger partial charge >= 0.3 is 0 Å². The van der Waals surface area contributed by atoms with E-state index < -0.39 is 6.10 Å². The quantitative estimate of drug-likeness (QED) is 0.718. The second kappa shape index (κ2) is 4.14. The van der Waals surface area contributed by atoms with Crippen LogP contribution >= 0.6 is 0 Å². The van der Waals surface area contributed by atoms with Gasteiger partial charge in [0.25, 0.3) is 0 Å². The molecule has 0 aliphatic carbocycles. The fourth-order valence-electron chi connectivity index (χ4n) is 1.09. The zero-order chi connectivity index (χ0) is 9.84. The molecule has 1 aromatic rings. The molecular weight excluding hydrogens is 164 g/mol. The zero-order valence-electron chi connectivity index (χ0n) is 7.99. The first kappa shape index (κ1) is 9.86. The molecule has 0 saturated heterocycles. The first-order valence-electron chi connectivity index (χ1n) is 4.21. The number of aliphatic hydroxyl groups is 1. The van der Waals surface area contributed by atoms with E-state index in [4.69, 9.17) is 0 Å². The highest BCUT2D eigenvalue weighted by atomic mass is 16.3. The van der Waals surface area contributed by atoms with E-state index in [2.05, 4.69) is 16.5 Å². The summed E-state index contributed by atoms with van der Waals surface area (Å²) in [6.07, 6.45) is 1.65. The van der Waals surface area contributed by atoms with Crippen LogP contribution in [0, 0.1) is 6.92 Å². The Kier molecular flexibility index (Phi) is 3.14. The summed E-state index contributed by atoms with van der Waals surface area (Å²) in [6.45, 7) is 7.43. The Morgan fingerprint density at radius 3 is 2.92 bits per heavy atom. The smallest absolute Gasteiger partial charge is 0.125 e. The Morgan fingerprint density at radius 2 is 2.38 bits per heavy atom. The molecule has 0 aromatic carbocycles. The number of rotatable bonds is 3. The summed E-state index contributed by atoms with van der Waals surface area (Å²) < 4.78 is 0. The van der Waals surface area contributed by atoms with Crippen LogP contribution < -0.4 is 0 Å². The number of hydrogen-bond acceptors (Lipinski definition) is 3. The van der Waals surface area contributed by atoms with E-state index in [-0.39, 0.29) is 0 Å². The molecular formula is C10H14N2O. The molecule has 0 amide bonds. The molecule has 3 nitrogen and oxygen atoms in total. The van der Waals surface area contributed by atoms with Crippen LogP contribution in [0.4, 0.5) is 0 Å². The van der Waals surface area contributed by atoms with E-state index in [0.29, 0.717) is 17.9 Å². The van der Waals surface area contributed by atoms with Gasteiger partial charge in [0.05, 0.1) is 11.8 Å². The van der Waals surface area contributed by atoms with Crippen LogP contribution in [0.25, 0.3) is 0 Å². The third-order valence-corrected chi connectivity index (χ3v) is 1.68. The van der Waals surface area contributed by atoms with Crippen molar-refractivity contribution in [3.8, 4) is 0 Å². The number of aliphatic hydroxyl groups excluding tert-OH is 1. The molecule has 0 aliphatic rings. The lowest BCUT2D eigenvalue weighted by atomic mass is 10.1. The normalized spacial score (nSPS) is 12.5. The minimum absolute atomic E-state index is 0.552. The summed E-state index contributed by atoms with van der Waals surface area (Å²) >= 11 is 0. The predicted molar refractivity (Wildman–Crippen MR) is 51.2 cm³/mol. The molecule has 0 spiro atoms. The molecule has 0 fully saturated rings. The van der Waals surface area contributed by atoms with E-state index in [0.717, 1.165) is 5.57 Å². The van der Waals surface area contributed by atoms with Crippen LogP contribution in [0.3, 0.4) is 0 Å². The van der Waals surface area contributed by atoms with Gasteiger partial charge in [0.2, 0.25) is 0 Å². The van der Waals surface area contributed by atoms with Gasteiger partial charge in [-0.15, -0.1) is 6.58 Å². The average molecular weight is 178 g/mol. The number of hydrogen-bond donors (Lipinski definition) is 1. The molecule has 1 unspecified atom stereocenters. The highest BCUT2D eigenvalue weighted by Gasteiger charge is 2.08. The van der Waals surface area contributed by atoms with Gasteiger partial charge in [0.15, 0.2) is 0 Å². The van der Waals surface area contributed by atoms with Crippen molar-refractivity contribution in [2.45, 2.75) is 26.4 Å². The molecule has 1 heterocycles. The molecule has 1 atom stereocenters. The molecule has 70 valence electrons. The monoisotopic (exact) mass is 178 g/mol. The Bertz CT molecular complexity index is 310. The first-order valence-corrected chi connectivity index (χ1v) is 4.21. The highest BCUT2D eigenvalue weighted by Crippen LogP contribution is 2.17. The van der Waals surface area contributed by atoms with Crippen LogP contribution in [0.5, 0.6) is 0 Å². The number of nitrogens with zero attached hydrogens (tertiary/aromatic N) is 2. The highest BCUT2D eigenvalue weighted by molar-refractivity contribution is 5.08. The summed E-state index contributed by atoms with van der Waals surface area (Å²) in [5.41, 5.74) is 1.61. The van der Waals surface area contributed by atoms with Crippen LogP contribution in [0.1, 0.15) is 31.0 Å². The zero-order valence-corrected chi connectivity index (χ0v) is 7.99. The summed E-state index contributed by atoms with van der Waals surface area (Å²) in [4.78, 5) is 8.08. The van der Waals surface area contributed by atoms with Gasteiger partial charge in [-0.2, -0.15) is 0 Å². The molecule has 0 radical (unpaired) electrons. The molecule has 0 aliphatic heterocycles. The molecule has 3 heteroatoms. The van der Waals surface area contributed by atoms with E-state index in [9.17, 15) is 5.11 Å². The summed E-state index contributed by atoms with van der Waals surface area (Å²) in [5, 5.41) is 9.66. The van der Waals surface area contributed by atoms with Crippen molar-refractivity contribution in [2.24, 2.45) is 0 Å². The molecule has 13 heavy (non-hydrogen) atoms. The third-order valence-electron chi connectivity index (χ3n) is 1.68. The standard InChI is InChI=1S/C10H14N2O/c1-7(2)6-10(13)9-4-5-11-8(3)12-9/h4-5,10,13H,1,6H2,2-3H3. The van der Waals surface area contributed by atoms with Crippen molar-refractivity contribution in [1.82, 2.24) is 9.97 Å². The summed E-state index contributed by atoms with van der Waals surface area (Å²) in [5.74, 6) is 0.679.